The molecule has 0 aromatic carbocycles. The van der Waals surface area contributed by atoms with E-state index < -0.39 is 0 Å². The Balaban J connectivity index is 1.64. The summed E-state index contributed by atoms with van der Waals surface area (Å²) in [5.74, 6) is 1.33. The second kappa shape index (κ2) is 8.29. The Hall–Kier alpha value is -1.87. The number of rotatable bonds is 5. The van der Waals surface area contributed by atoms with Crippen LogP contribution in [0.1, 0.15) is 63.4 Å². The highest BCUT2D eigenvalue weighted by molar-refractivity contribution is 5.54. The topological polar surface area (TPSA) is 85.7 Å². The first kappa shape index (κ1) is 17.0. The van der Waals surface area contributed by atoms with Gasteiger partial charge in [0, 0.05) is 18.1 Å². The fourth-order valence-corrected chi connectivity index (χ4v) is 3.79. The molecule has 2 fully saturated rings. The molecular formula is C18H28N6. The molecule has 2 aliphatic rings. The zero-order chi connectivity index (χ0) is 16.8. The predicted molar refractivity (Wildman–Crippen MR) is 96.0 cm³/mol. The highest BCUT2D eigenvalue weighted by Gasteiger charge is 2.21. The lowest BCUT2D eigenvalue weighted by atomic mass is 9.91. The maximum atomic E-state index is 9.32. The van der Waals surface area contributed by atoms with E-state index in [9.17, 15) is 5.26 Å². The Morgan fingerprint density at radius 2 is 1.62 bits per heavy atom. The van der Waals surface area contributed by atoms with Crippen LogP contribution in [0.15, 0.2) is 6.20 Å². The summed E-state index contributed by atoms with van der Waals surface area (Å²) in [5.41, 5.74) is 0.532. The van der Waals surface area contributed by atoms with E-state index in [1.165, 1.54) is 32.1 Å². The zero-order valence-electron chi connectivity index (χ0n) is 14.5. The molecule has 0 atom stereocenters. The molecule has 6 heteroatoms. The summed E-state index contributed by atoms with van der Waals surface area (Å²) >= 11 is 0. The van der Waals surface area contributed by atoms with Crippen LogP contribution in [-0.2, 0) is 0 Å². The minimum absolute atomic E-state index is 0.421. The van der Waals surface area contributed by atoms with Gasteiger partial charge in [-0.15, -0.1) is 0 Å². The van der Waals surface area contributed by atoms with Gasteiger partial charge >= 0.3 is 0 Å². The molecule has 1 aromatic rings. The van der Waals surface area contributed by atoms with E-state index in [1.54, 1.807) is 6.20 Å². The van der Waals surface area contributed by atoms with Gasteiger partial charge in [-0.25, -0.2) is 4.98 Å². The van der Waals surface area contributed by atoms with Crippen molar-refractivity contribution in [2.75, 3.05) is 17.7 Å². The van der Waals surface area contributed by atoms with Crippen LogP contribution in [0.3, 0.4) is 0 Å². The van der Waals surface area contributed by atoms with Crippen LogP contribution in [-0.4, -0.2) is 35.1 Å². The third kappa shape index (κ3) is 4.35. The van der Waals surface area contributed by atoms with Gasteiger partial charge in [0.25, 0.3) is 0 Å². The van der Waals surface area contributed by atoms with Crippen molar-refractivity contribution in [3.63, 3.8) is 0 Å². The maximum Gasteiger partial charge on any atom is 0.224 e. The van der Waals surface area contributed by atoms with Crippen molar-refractivity contribution in [1.82, 2.24) is 15.3 Å². The largest absolute Gasteiger partial charge is 0.366 e. The summed E-state index contributed by atoms with van der Waals surface area (Å²) in [6.07, 6.45) is 12.4. The second-order valence-corrected chi connectivity index (χ2v) is 7.03. The van der Waals surface area contributed by atoms with E-state index in [1.807, 2.05) is 7.05 Å². The normalized spacial score (nSPS) is 25.0. The molecule has 0 bridgehead atoms. The summed E-state index contributed by atoms with van der Waals surface area (Å²) < 4.78 is 0. The Labute approximate surface area is 144 Å². The van der Waals surface area contributed by atoms with E-state index in [2.05, 4.69) is 32.0 Å². The summed E-state index contributed by atoms with van der Waals surface area (Å²) in [4.78, 5) is 8.94. The van der Waals surface area contributed by atoms with Crippen molar-refractivity contribution in [1.29, 1.82) is 5.26 Å². The van der Waals surface area contributed by atoms with Crippen molar-refractivity contribution in [3.8, 4) is 6.07 Å². The molecule has 3 N–H and O–H groups in total. The van der Waals surface area contributed by atoms with E-state index in [0.29, 0.717) is 35.5 Å². The maximum absolute atomic E-state index is 9.32. The molecule has 0 radical (unpaired) electrons. The number of aromatic nitrogens is 2. The zero-order valence-corrected chi connectivity index (χ0v) is 14.5. The van der Waals surface area contributed by atoms with Crippen LogP contribution in [0.4, 0.5) is 11.8 Å². The lowest BCUT2D eigenvalue weighted by Gasteiger charge is -2.29. The average molecular weight is 328 g/mol. The monoisotopic (exact) mass is 328 g/mol. The first-order valence-electron chi connectivity index (χ1n) is 9.26. The molecule has 0 amide bonds. The molecule has 130 valence electrons. The number of hydrogen-bond donors (Lipinski definition) is 3. The number of hydrogen-bond acceptors (Lipinski definition) is 6. The molecule has 0 unspecified atom stereocenters. The van der Waals surface area contributed by atoms with Crippen LogP contribution < -0.4 is 16.0 Å². The molecule has 0 saturated heterocycles. The smallest absolute Gasteiger partial charge is 0.224 e. The van der Waals surface area contributed by atoms with Crippen molar-refractivity contribution >= 4 is 11.8 Å². The number of nitrogens with zero attached hydrogens (tertiary/aromatic N) is 3. The fraction of sp³-hybridized carbons (Fsp3) is 0.722. The molecule has 6 nitrogen and oxygen atoms in total. The molecule has 3 rings (SSSR count). The van der Waals surface area contributed by atoms with E-state index in [4.69, 9.17) is 0 Å². The van der Waals surface area contributed by atoms with Gasteiger partial charge in [0.15, 0.2) is 0 Å². The van der Waals surface area contributed by atoms with Gasteiger partial charge in [-0.3, -0.25) is 0 Å². The fourth-order valence-electron chi connectivity index (χ4n) is 3.79. The first-order chi connectivity index (χ1) is 11.8. The van der Waals surface area contributed by atoms with Crippen LogP contribution in [0.5, 0.6) is 0 Å². The number of nitrogens with one attached hydrogen (secondary N) is 3. The minimum atomic E-state index is 0.421. The van der Waals surface area contributed by atoms with Crippen molar-refractivity contribution < 1.29 is 0 Å². The second-order valence-electron chi connectivity index (χ2n) is 7.03. The van der Waals surface area contributed by atoms with E-state index in [-0.39, 0.29) is 0 Å². The third-order valence-corrected chi connectivity index (χ3v) is 5.32. The molecule has 2 aliphatic carbocycles. The predicted octanol–water partition coefficient (Wildman–Crippen LogP) is 3.04. The molecule has 2 saturated carbocycles. The molecule has 0 aliphatic heterocycles. The highest BCUT2D eigenvalue weighted by Crippen LogP contribution is 2.24. The van der Waals surface area contributed by atoms with Crippen molar-refractivity contribution in [2.45, 2.75) is 75.9 Å². The average Bonchev–Trinajstić information content (AvgIpc) is 2.63. The van der Waals surface area contributed by atoms with Crippen LogP contribution in [0.25, 0.3) is 0 Å². The van der Waals surface area contributed by atoms with E-state index in [0.717, 1.165) is 25.7 Å². The lowest BCUT2D eigenvalue weighted by Crippen LogP contribution is -2.35. The van der Waals surface area contributed by atoms with Gasteiger partial charge in [0.1, 0.15) is 17.5 Å². The Morgan fingerprint density at radius 3 is 2.29 bits per heavy atom. The Bertz CT molecular complexity index is 567. The van der Waals surface area contributed by atoms with Gasteiger partial charge in [-0.05, 0) is 45.6 Å². The molecule has 24 heavy (non-hydrogen) atoms. The third-order valence-electron chi connectivity index (χ3n) is 5.32. The van der Waals surface area contributed by atoms with Crippen LogP contribution in [0.2, 0.25) is 0 Å². The number of nitriles is 1. The molecule has 1 aromatic heterocycles. The van der Waals surface area contributed by atoms with Gasteiger partial charge in [0.2, 0.25) is 5.95 Å². The Morgan fingerprint density at radius 1 is 0.958 bits per heavy atom. The standard InChI is InChI=1S/C18H28N6/c1-20-14-7-9-16(10-8-14)23-18-21-12-13(11-19)17(24-18)22-15-5-3-2-4-6-15/h12,14-16,20H,2-10H2,1H3,(H2,21,22,23,24). The summed E-state index contributed by atoms with van der Waals surface area (Å²) in [6.45, 7) is 0. The van der Waals surface area contributed by atoms with Gasteiger partial charge in [-0.2, -0.15) is 10.2 Å². The minimum Gasteiger partial charge on any atom is -0.366 e. The van der Waals surface area contributed by atoms with Gasteiger partial charge < -0.3 is 16.0 Å². The first-order valence-corrected chi connectivity index (χ1v) is 9.26. The van der Waals surface area contributed by atoms with Gasteiger partial charge in [-0.1, -0.05) is 19.3 Å². The van der Waals surface area contributed by atoms with Crippen molar-refractivity contribution in [2.24, 2.45) is 0 Å². The highest BCUT2D eigenvalue weighted by atomic mass is 15.2. The van der Waals surface area contributed by atoms with E-state index >= 15 is 0 Å². The summed E-state index contributed by atoms with van der Waals surface area (Å²) in [7, 11) is 2.03. The molecule has 1 heterocycles. The summed E-state index contributed by atoms with van der Waals surface area (Å²) in [6, 6.07) is 3.69. The lowest BCUT2D eigenvalue weighted by molar-refractivity contribution is 0.370. The molecule has 0 spiro atoms. The van der Waals surface area contributed by atoms with Crippen LogP contribution >= 0.6 is 0 Å². The van der Waals surface area contributed by atoms with Crippen LogP contribution in [0, 0.1) is 11.3 Å². The summed E-state index contributed by atoms with van der Waals surface area (Å²) in [5, 5.41) is 19.6. The quantitative estimate of drug-likeness (QED) is 0.770. The Kier molecular flexibility index (Phi) is 5.86. The number of anilines is 2. The molecular weight excluding hydrogens is 300 g/mol. The van der Waals surface area contributed by atoms with Gasteiger partial charge in [0.05, 0.1) is 6.20 Å². The SMILES string of the molecule is CNC1CCC(Nc2ncc(C#N)c(NC3CCCCC3)n2)CC1. The van der Waals surface area contributed by atoms with Crippen molar-refractivity contribution in [3.05, 3.63) is 11.8 Å².